The molecule has 2 heterocycles. The summed E-state index contributed by atoms with van der Waals surface area (Å²) in [6, 6.07) is 4.91. The molecular weight excluding hydrogens is 382 g/mol. The van der Waals surface area contributed by atoms with Crippen LogP contribution in [0.2, 0.25) is 0 Å². The molecule has 0 saturated carbocycles. The summed E-state index contributed by atoms with van der Waals surface area (Å²) in [7, 11) is 0. The van der Waals surface area contributed by atoms with Crippen molar-refractivity contribution in [3.8, 4) is 11.5 Å². The normalized spacial score (nSPS) is 12.2. The van der Waals surface area contributed by atoms with E-state index in [0.717, 1.165) is 6.07 Å². The van der Waals surface area contributed by atoms with Crippen molar-refractivity contribution in [3.05, 3.63) is 59.5 Å². The van der Waals surface area contributed by atoms with E-state index in [-0.39, 0.29) is 23.3 Å². The van der Waals surface area contributed by atoms with Gasteiger partial charge in [-0.05, 0) is 30.3 Å². The monoisotopic (exact) mass is 390 g/mol. The lowest BCUT2D eigenvalue weighted by Gasteiger charge is -2.14. The summed E-state index contributed by atoms with van der Waals surface area (Å²) in [4.78, 5) is 12.1. The number of alkyl halides is 6. The van der Waals surface area contributed by atoms with E-state index in [1.54, 1.807) is 6.07 Å². The Kier molecular flexibility index (Phi) is 4.46. The maximum absolute atomic E-state index is 12.8. The highest BCUT2D eigenvalue weighted by Gasteiger charge is 2.37. The highest BCUT2D eigenvalue weighted by molar-refractivity contribution is 6.03. The molecule has 5 nitrogen and oxygen atoms in total. The van der Waals surface area contributed by atoms with Gasteiger partial charge in [-0.15, -0.1) is 0 Å². The van der Waals surface area contributed by atoms with Gasteiger partial charge >= 0.3 is 12.4 Å². The Morgan fingerprint density at radius 1 is 0.926 bits per heavy atom. The second kappa shape index (κ2) is 6.49. The zero-order valence-electron chi connectivity index (χ0n) is 13.0. The highest BCUT2D eigenvalue weighted by Crippen LogP contribution is 2.37. The first-order valence-corrected chi connectivity index (χ1v) is 7.15. The molecule has 0 aliphatic heterocycles. The molecule has 0 saturated heterocycles. The van der Waals surface area contributed by atoms with Gasteiger partial charge in [0.25, 0.3) is 5.91 Å². The van der Waals surface area contributed by atoms with E-state index < -0.39 is 35.1 Å². The van der Waals surface area contributed by atoms with Crippen LogP contribution in [0.25, 0.3) is 11.5 Å². The standard InChI is InChI=1S/C16H8F6N2O3/c17-15(18,19)8-4-9(16(20,21)22)6-10(5-8)23-14(25)11-7-13(27-24-11)12-2-1-3-26-12/h1-7H,(H,23,25). The summed E-state index contributed by atoms with van der Waals surface area (Å²) in [5.74, 6) is -0.755. The zero-order chi connectivity index (χ0) is 19.8. The van der Waals surface area contributed by atoms with Crippen molar-refractivity contribution >= 4 is 11.6 Å². The SMILES string of the molecule is O=C(Nc1cc(C(F)(F)F)cc(C(F)(F)F)c1)c1cc(-c2ccco2)on1. The number of aromatic nitrogens is 1. The van der Waals surface area contributed by atoms with Crippen LogP contribution in [-0.4, -0.2) is 11.1 Å². The van der Waals surface area contributed by atoms with E-state index in [9.17, 15) is 31.1 Å². The van der Waals surface area contributed by atoms with Crippen molar-refractivity contribution in [3.63, 3.8) is 0 Å². The van der Waals surface area contributed by atoms with Gasteiger partial charge in [0.2, 0.25) is 5.76 Å². The van der Waals surface area contributed by atoms with Crippen molar-refractivity contribution in [2.24, 2.45) is 0 Å². The maximum Gasteiger partial charge on any atom is 0.416 e. The highest BCUT2D eigenvalue weighted by atomic mass is 19.4. The number of hydrogen-bond acceptors (Lipinski definition) is 4. The number of benzene rings is 1. The number of rotatable bonds is 3. The Morgan fingerprint density at radius 2 is 1.56 bits per heavy atom. The summed E-state index contributed by atoms with van der Waals surface area (Å²) in [6.07, 6.45) is -8.72. The Balaban J connectivity index is 1.89. The molecule has 3 aromatic rings. The molecule has 1 aromatic carbocycles. The van der Waals surface area contributed by atoms with Crippen LogP contribution in [0.1, 0.15) is 21.6 Å². The molecule has 0 unspecified atom stereocenters. The van der Waals surface area contributed by atoms with Crippen LogP contribution in [0.4, 0.5) is 32.0 Å². The molecule has 11 heteroatoms. The predicted molar refractivity (Wildman–Crippen MR) is 78.6 cm³/mol. The van der Waals surface area contributed by atoms with Crippen molar-refractivity contribution in [1.29, 1.82) is 0 Å². The lowest BCUT2D eigenvalue weighted by molar-refractivity contribution is -0.143. The van der Waals surface area contributed by atoms with E-state index in [1.165, 1.54) is 12.3 Å². The van der Waals surface area contributed by atoms with Gasteiger partial charge in [-0.1, -0.05) is 5.16 Å². The molecule has 142 valence electrons. The van der Waals surface area contributed by atoms with Crippen LogP contribution in [0.3, 0.4) is 0 Å². The van der Waals surface area contributed by atoms with Crippen LogP contribution in [0.5, 0.6) is 0 Å². The van der Waals surface area contributed by atoms with E-state index in [0.29, 0.717) is 12.1 Å². The van der Waals surface area contributed by atoms with Crippen LogP contribution in [0.15, 0.2) is 51.6 Å². The average molecular weight is 390 g/mol. The van der Waals surface area contributed by atoms with E-state index in [1.807, 2.05) is 5.32 Å². The number of amides is 1. The fourth-order valence-electron chi connectivity index (χ4n) is 2.14. The number of nitrogens with zero attached hydrogens (tertiary/aromatic N) is 1. The molecular formula is C16H8F6N2O3. The minimum absolute atomic E-state index is 0.0409. The second-order valence-corrected chi connectivity index (χ2v) is 5.30. The Morgan fingerprint density at radius 3 is 2.07 bits per heavy atom. The van der Waals surface area contributed by atoms with Gasteiger partial charge in [0.15, 0.2) is 11.5 Å². The Bertz CT molecular complexity index is 925. The minimum Gasteiger partial charge on any atom is -0.461 e. The van der Waals surface area contributed by atoms with Crippen molar-refractivity contribution in [2.45, 2.75) is 12.4 Å². The molecule has 2 aromatic heterocycles. The van der Waals surface area contributed by atoms with E-state index in [2.05, 4.69) is 5.16 Å². The molecule has 0 aliphatic rings. The molecule has 0 bridgehead atoms. The first-order valence-electron chi connectivity index (χ1n) is 7.15. The van der Waals surface area contributed by atoms with Gasteiger partial charge in [-0.3, -0.25) is 4.79 Å². The third-order valence-electron chi connectivity index (χ3n) is 3.35. The zero-order valence-corrected chi connectivity index (χ0v) is 13.0. The third-order valence-corrected chi connectivity index (χ3v) is 3.35. The molecule has 0 aliphatic carbocycles. The molecule has 3 rings (SSSR count). The number of anilines is 1. The predicted octanol–water partition coefficient (Wildman–Crippen LogP) is 5.22. The van der Waals surface area contributed by atoms with Gasteiger partial charge in [0.05, 0.1) is 17.4 Å². The number of carbonyl (C=O) groups excluding carboxylic acids is 1. The topological polar surface area (TPSA) is 68.3 Å². The molecule has 27 heavy (non-hydrogen) atoms. The van der Waals surface area contributed by atoms with Crippen LogP contribution < -0.4 is 5.32 Å². The number of carbonyl (C=O) groups is 1. The second-order valence-electron chi connectivity index (χ2n) is 5.30. The molecule has 0 spiro atoms. The van der Waals surface area contributed by atoms with E-state index in [4.69, 9.17) is 8.94 Å². The summed E-state index contributed by atoms with van der Waals surface area (Å²) in [6.45, 7) is 0. The lowest BCUT2D eigenvalue weighted by atomic mass is 10.1. The van der Waals surface area contributed by atoms with Gasteiger partial charge < -0.3 is 14.3 Å². The van der Waals surface area contributed by atoms with Gasteiger partial charge in [-0.2, -0.15) is 26.3 Å². The fourth-order valence-corrected chi connectivity index (χ4v) is 2.14. The third kappa shape index (κ3) is 4.13. The van der Waals surface area contributed by atoms with Crippen LogP contribution >= 0.6 is 0 Å². The molecule has 1 N–H and O–H groups in total. The maximum atomic E-state index is 12.8. The summed E-state index contributed by atoms with van der Waals surface area (Å²) in [5.41, 5.74) is -4.15. The number of halogens is 6. The Labute approximate surface area is 146 Å². The van der Waals surface area contributed by atoms with Crippen molar-refractivity contribution < 1.29 is 40.1 Å². The van der Waals surface area contributed by atoms with Crippen molar-refractivity contribution in [1.82, 2.24) is 5.16 Å². The van der Waals surface area contributed by atoms with Crippen LogP contribution in [-0.2, 0) is 12.4 Å². The molecule has 0 atom stereocenters. The summed E-state index contributed by atoms with van der Waals surface area (Å²) < 4.78 is 86.9. The quantitative estimate of drug-likeness (QED) is 0.623. The van der Waals surface area contributed by atoms with Gasteiger partial charge in [-0.25, -0.2) is 0 Å². The van der Waals surface area contributed by atoms with Gasteiger partial charge in [0, 0.05) is 11.8 Å². The largest absolute Gasteiger partial charge is 0.461 e. The number of furan rings is 1. The minimum atomic E-state index is -5.03. The lowest BCUT2D eigenvalue weighted by Crippen LogP contribution is -2.16. The number of hydrogen-bond donors (Lipinski definition) is 1. The van der Waals surface area contributed by atoms with Crippen LogP contribution in [0, 0.1) is 0 Å². The summed E-state index contributed by atoms with van der Waals surface area (Å²) >= 11 is 0. The number of nitrogens with one attached hydrogen (secondary N) is 1. The molecule has 1 amide bonds. The van der Waals surface area contributed by atoms with Crippen molar-refractivity contribution in [2.75, 3.05) is 5.32 Å². The fraction of sp³-hybridized carbons (Fsp3) is 0.125. The summed E-state index contributed by atoms with van der Waals surface area (Å²) in [5, 5.41) is 5.37. The molecule has 0 fully saturated rings. The van der Waals surface area contributed by atoms with Gasteiger partial charge in [0.1, 0.15) is 0 Å². The first kappa shape index (κ1) is 18.5. The first-order chi connectivity index (χ1) is 12.5. The average Bonchev–Trinajstić information content (AvgIpc) is 3.24. The Hall–Kier alpha value is -3.24. The molecule has 0 radical (unpaired) electrons. The van der Waals surface area contributed by atoms with E-state index >= 15 is 0 Å². The smallest absolute Gasteiger partial charge is 0.416 e.